The Morgan fingerprint density at radius 3 is 2.20 bits per heavy atom. The van der Waals surface area contributed by atoms with E-state index in [0.29, 0.717) is 0 Å². The third-order valence-electron chi connectivity index (χ3n) is 4.34. The number of hydrogen-bond acceptors (Lipinski definition) is 4. The van der Waals surface area contributed by atoms with Crippen LogP contribution in [0.5, 0.6) is 0 Å². The fourth-order valence-corrected chi connectivity index (χ4v) is 2.95. The minimum atomic E-state index is -0.417. The molecule has 0 spiro atoms. The van der Waals surface area contributed by atoms with E-state index in [4.69, 9.17) is 14.6 Å². The summed E-state index contributed by atoms with van der Waals surface area (Å²) >= 11 is 0. The smallest absolute Gasteiger partial charge is 0.217 e. The maximum absolute atomic E-state index is 6.13. The van der Waals surface area contributed by atoms with E-state index in [0.717, 1.165) is 24.1 Å². The highest BCUT2D eigenvalue weighted by molar-refractivity contribution is 5.45. The van der Waals surface area contributed by atoms with Crippen LogP contribution in [0.3, 0.4) is 0 Å². The molecule has 0 aliphatic carbocycles. The predicted octanol–water partition coefficient (Wildman–Crippen LogP) is 5.77. The summed E-state index contributed by atoms with van der Waals surface area (Å²) in [4.78, 5) is 17.4. The zero-order valence-corrected chi connectivity index (χ0v) is 14.8. The summed E-state index contributed by atoms with van der Waals surface area (Å²) in [7, 11) is 0. The number of rotatable bonds is 8. The minimum Gasteiger partial charge on any atom is -0.235 e. The first kappa shape index (κ1) is 17.9. The number of nitrogens with zero attached hydrogens (tertiary/aromatic N) is 1. The molecule has 2 atom stereocenters. The van der Waals surface area contributed by atoms with Gasteiger partial charge in [0.15, 0.2) is 0 Å². The van der Waals surface area contributed by atoms with Crippen LogP contribution < -0.4 is 5.06 Å². The van der Waals surface area contributed by atoms with Crippen LogP contribution in [-0.2, 0) is 14.6 Å². The van der Waals surface area contributed by atoms with Gasteiger partial charge >= 0.3 is 0 Å². The molecule has 0 bridgehead atoms. The molecule has 0 aromatic heterocycles. The zero-order chi connectivity index (χ0) is 17.3. The van der Waals surface area contributed by atoms with Crippen molar-refractivity contribution in [1.82, 2.24) is 0 Å². The van der Waals surface area contributed by atoms with Gasteiger partial charge in [0, 0.05) is 12.0 Å². The Balaban J connectivity index is 1.66. The van der Waals surface area contributed by atoms with E-state index in [-0.39, 0.29) is 6.29 Å². The average Bonchev–Trinajstić information content (AvgIpc) is 2.69. The third-order valence-corrected chi connectivity index (χ3v) is 4.34. The molecule has 25 heavy (non-hydrogen) atoms. The molecule has 0 saturated carbocycles. The monoisotopic (exact) mass is 341 g/mol. The maximum atomic E-state index is 6.13. The van der Waals surface area contributed by atoms with Gasteiger partial charge in [0.05, 0.1) is 5.69 Å². The topological polar surface area (TPSA) is 30.9 Å². The van der Waals surface area contributed by atoms with Gasteiger partial charge in [-0.05, 0) is 18.6 Å². The molecule has 1 heterocycles. The Labute approximate surface area is 150 Å². The standard InChI is InChI=1S/C21H27NO3/c1-2-3-4-5-12-17-20-23-22(19-15-10-7-11-16-19)21(25-24-20)18-13-8-6-9-14-18/h6-11,13-16,20-21H,2-5,12,17H2,1H3. The Kier molecular flexibility index (Phi) is 6.86. The summed E-state index contributed by atoms with van der Waals surface area (Å²) in [5.74, 6) is 0. The van der Waals surface area contributed by atoms with E-state index in [1.807, 2.05) is 65.7 Å². The number of para-hydroxylation sites is 1. The summed E-state index contributed by atoms with van der Waals surface area (Å²) in [6.45, 7) is 2.22. The van der Waals surface area contributed by atoms with E-state index in [1.165, 1.54) is 25.7 Å². The highest BCUT2D eigenvalue weighted by Crippen LogP contribution is 2.34. The Morgan fingerprint density at radius 1 is 0.800 bits per heavy atom. The van der Waals surface area contributed by atoms with Crippen molar-refractivity contribution in [3.8, 4) is 0 Å². The van der Waals surface area contributed by atoms with Crippen molar-refractivity contribution in [3.05, 3.63) is 66.2 Å². The summed E-state index contributed by atoms with van der Waals surface area (Å²) < 4.78 is 0. The average molecular weight is 341 g/mol. The van der Waals surface area contributed by atoms with Gasteiger partial charge in [0.2, 0.25) is 12.5 Å². The molecule has 2 aromatic carbocycles. The SMILES string of the molecule is CCCCCCCC1OOC(c2ccccc2)N(c2ccccc2)O1. The van der Waals surface area contributed by atoms with E-state index >= 15 is 0 Å². The quantitative estimate of drug-likeness (QED) is 0.450. The van der Waals surface area contributed by atoms with Crippen molar-refractivity contribution >= 4 is 5.69 Å². The molecule has 3 rings (SSSR count). The van der Waals surface area contributed by atoms with Gasteiger partial charge in [0.1, 0.15) is 0 Å². The van der Waals surface area contributed by atoms with Gasteiger partial charge in [-0.3, -0.25) is 0 Å². The van der Waals surface area contributed by atoms with Crippen LogP contribution >= 0.6 is 0 Å². The molecular formula is C21H27NO3. The lowest BCUT2D eigenvalue weighted by Crippen LogP contribution is -2.41. The lowest BCUT2D eigenvalue weighted by atomic mass is 10.1. The van der Waals surface area contributed by atoms with E-state index in [1.54, 1.807) is 0 Å². The summed E-state index contributed by atoms with van der Waals surface area (Å²) in [5.41, 5.74) is 1.95. The van der Waals surface area contributed by atoms with Gasteiger partial charge in [-0.2, -0.15) is 4.89 Å². The summed E-state index contributed by atoms with van der Waals surface area (Å²) in [6.07, 6.45) is 6.11. The normalized spacial score (nSPS) is 20.6. The van der Waals surface area contributed by atoms with Crippen LogP contribution in [0.25, 0.3) is 0 Å². The second-order valence-corrected chi connectivity index (χ2v) is 6.35. The lowest BCUT2D eigenvalue weighted by molar-refractivity contribution is -0.451. The summed E-state index contributed by atoms with van der Waals surface area (Å²) in [6, 6.07) is 20.0. The number of hydrogen-bond donors (Lipinski definition) is 0. The van der Waals surface area contributed by atoms with Crippen LogP contribution in [-0.4, -0.2) is 6.29 Å². The first-order valence-corrected chi connectivity index (χ1v) is 9.26. The van der Waals surface area contributed by atoms with Gasteiger partial charge in [-0.1, -0.05) is 81.1 Å². The lowest BCUT2D eigenvalue weighted by Gasteiger charge is -2.38. The summed E-state index contributed by atoms with van der Waals surface area (Å²) in [5, 5.41) is 1.82. The van der Waals surface area contributed by atoms with Crippen LogP contribution in [0.4, 0.5) is 5.69 Å². The van der Waals surface area contributed by atoms with Gasteiger partial charge in [-0.15, -0.1) is 0 Å². The molecule has 0 amide bonds. The molecule has 2 aromatic rings. The largest absolute Gasteiger partial charge is 0.235 e. The second kappa shape index (κ2) is 9.56. The van der Waals surface area contributed by atoms with Crippen molar-refractivity contribution in [1.29, 1.82) is 0 Å². The Morgan fingerprint density at radius 2 is 1.48 bits per heavy atom. The maximum Gasteiger partial charge on any atom is 0.217 e. The van der Waals surface area contributed by atoms with Crippen molar-refractivity contribution in [2.75, 3.05) is 5.06 Å². The Hall–Kier alpha value is -1.88. The zero-order valence-electron chi connectivity index (χ0n) is 14.8. The van der Waals surface area contributed by atoms with Gasteiger partial charge in [0.25, 0.3) is 0 Å². The fraction of sp³-hybridized carbons (Fsp3) is 0.429. The van der Waals surface area contributed by atoms with Crippen LogP contribution in [0.2, 0.25) is 0 Å². The van der Waals surface area contributed by atoms with Crippen molar-refractivity contribution < 1.29 is 14.6 Å². The first-order chi connectivity index (χ1) is 12.4. The van der Waals surface area contributed by atoms with Gasteiger partial charge < -0.3 is 0 Å². The number of anilines is 1. The third kappa shape index (κ3) is 5.05. The minimum absolute atomic E-state index is 0.373. The number of benzene rings is 2. The predicted molar refractivity (Wildman–Crippen MR) is 98.5 cm³/mol. The highest BCUT2D eigenvalue weighted by Gasteiger charge is 2.33. The first-order valence-electron chi connectivity index (χ1n) is 9.26. The molecule has 4 heteroatoms. The molecule has 134 valence electrons. The molecule has 2 unspecified atom stereocenters. The highest BCUT2D eigenvalue weighted by atomic mass is 17.3. The van der Waals surface area contributed by atoms with Crippen LogP contribution in [0, 0.1) is 0 Å². The molecular weight excluding hydrogens is 314 g/mol. The molecule has 1 aliphatic rings. The van der Waals surface area contributed by atoms with E-state index in [2.05, 4.69) is 6.92 Å². The fourth-order valence-electron chi connectivity index (χ4n) is 2.95. The molecule has 1 fully saturated rings. The molecule has 0 radical (unpaired) electrons. The number of hydroxylamine groups is 1. The van der Waals surface area contributed by atoms with Crippen LogP contribution in [0.15, 0.2) is 60.7 Å². The van der Waals surface area contributed by atoms with Crippen molar-refractivity contribution in [3.63, 3.8) is 0 Å². The second-order valence-electron chi connectivity index (χ2n) is 6.35. The Bertz CT molecular complexity index is 605. The molecule has 1 saturated heterocycles. The molecule has 1 aliphatic heterocycles. The van der Waals surface area contributed by atoms with Crippen molar-refractivity contribution in [2.45, 2.75) is 58.0 Å². The van der Waals surface area contributed by atoms with Gasteiger partial charge in [-0.25, -0.2) is 14.8 Å². The van der Waals surface area contributed by atoms with Crippen LogP contribution in [0.1, 0.15) is 57.2 Å². The van der Waals surface area contributed by atoms with Crippen molar-refractivity contribution in [2.24, 2.45) is 0 Å². The van der Waals surface area contributed by atoms with E-state index in [9.17, 15) is 0 Å². The number of unbranched alkanes of at least 4 members (excludes halogenated alkanes) is 4. The van der Waals surface area contributed by atoms with E-state index < -0.39 is 6.23 Å². The molecule has 4 nitrogen and oxygen atoms in total. The molecule has 0 N–H and O–H groups in total.